The highest BCUT2D eigenvalue weighted by Gasteiger charge is 2.16. The third-order valence-corrected chi connectivity index (χ3v) is 3.03. The Morgan fingerprint density at radius 3 is 2.77 bits per heavy atom. The summed E-state index contributed by atoms with van der Waals surface area (Å²) in [6.07, 6.45) is 1.85. The molecule has 7 heteroatoms. The van der Waals surface area contributed by atoms with Gasteiger partial charge in [-0.1, -0.05) is 11.2 Å². The second-order valence-electron chi connectivity index (χ2n) is 4.81. The molecule has 2 aromatic rings. The zero-order chi connectivity index (χ0) is 15.9. The van der Waals surface area contributed by atoms with Gasteiger partial charge in [-0.3, -0.25) is 19.5 Å². The molecule has 1 N–H and O–H groups in total. The molecule has 0 atom stereocenters. The van der Waals surface area contributed by atoms with Crippen LogP contribution in [0.3, 0.4) is 0 Å². The van der Waals surface area contributed by atoms with Gasteiger partial charge in [-0.25, -0.2) is 0 Å². The molecule has 0 unspecified atom stereocenters. The van der Waals surface area contributed by atoms with Gasteiger partial charge in [0.25, 0.3) is 0 Å². The summed E-state index contributed by atoms with van der Waals surface area (Å²) in [6.45, 7) is 3.78. The number of amides is 2. The van der Waals surface area contributed by atoms with Crippen molar-refractivity contribution in [2.45, 2.75) is 26.8 Å². The number of anilines is 1. The van der Waals surface area contributed by atoms with Crippen LogP contribution in [0.5, 0.6) is 0 Å². The normalized spacial score (nSPS) is 10.3. The van der Waals surface area contributed by atoms with E-state index in [-0.39, 0.29) is 24.8 Å². The molecule has 0 aromatic carbocycles. The molecule has 0 fully saturated rings. The minimum atomic E-state index is -0.189. The van der Waals surface area contributed by atoms with E-state index in [9.17, 15) is 9.59 Å². The van der Waals surface area contributed by atoms with Crippen LogP contribution in [0.4, 0.5) is 5.82 Å². The molecule has 7 nitrogen and oxygen atoms in total. The fraction of sp³-hybridized carbons (Fsp3) is 0.333. The molecule has 2 heterocycles. The van der Waals surface area contributed by atoms with Crippen LogP contribution in [0.1, 0.15) is 24.8 Å². The maximum atomic E-state index is 11.9. The molecule has 2 amide bonds. The van der Waals surface area contributed by atoms with Crippen molar-refractivity contribution < 1.29 is 14.1 Å². The number of aryl methyl sites for hydroxylation is 1. The van der Waals surface area contributed by atoms with Crippen LogP contribution < -0.4 is 10.2 Å². The first-order chi connectivity index (χ1) is 10.6. The number of carbonyl (C=O) groups is 2. The van der Waals surface area contributed by atoms with Gasteiger partial charge in [-0.2, -0.15) is 0 Å². The average molecular weight is 302 g/mol. The van der Waals surface area contributed by atoms with Gasteiger partial charge >= 0.3 is 0 Å². The predicted octanol–water partition coefficient (Wildman–Crippen LogP) is 1.44. The van der Waals surface area contributed by atoms with Crippen LogP contribution >= 0.6 is 0 Å². The lowest BCUT2D eigenvalue weighted by atomic mass is 10.3. The van der Waals surface area contributed by atoms with Gasteiger partial charge in [-0.15, -0.1) is 0 Å². The lowest BCUT2D eigenvalue weighted by Crippen LogP contribution is -2.34. The molecule has 0 radical (unpaired) electrons. The van der Waals surface area contributed by atoms with Crippen LogP contribution in [0.2, 0.25) is 0 Å². The van der Waals surface area contributed by atoms with Gasteiger partial charge in [0, 0.05) is 32.2 Å². The fourth-order valence-electron chi connectivity index (χ4n) is 1.91. The zero-order valence-electron chi connectivity index (χ0n) is 12.6. The Morgan fingerprint density at radius 1 is 1.36 bits per heavy atom. The van der Waals surface area contributed by atoms with Crippen molar-refractivity contribution >= 4 is 17.6 Å². The molecule has 0 saturated heterocycles. The number of aromatic nitrogens is 2. The summed E-state index contributed by atoms with van der Waals surface area (Å²) >= 11 is 0. The third-order valence-electron chi connectivity index (χ3n) is 3.03. The summed E-state index contributed by atoms with van der Waals surface area (Å²) in [5.41, 5.74) is 0.784. The summed E-state index contributed by atoms with van der Waals surface area (Å²) in [4.78, 5) is 29.0. The van der Waals surface area contributed by atoms with Gasteiger partial charge in [0.2, 0.25) is 11.8 Å². The zero-order valence-corrected chi connectivity index (χ0v) is 12.6. The van der Waals surface area contributed by atoms with E-state index < -0.39 is 0 Å². The number of hydrogen-bond donors (Lipinski definition) is 1. The molecule has 0 spiro atoms. The van der Waals surface area contributed by atoms with E-state index in [1.165, 1.54) is 11.8 Å². The van der Waals surface area contributed by atoms with Crippen molar-refractivity contribution in [3.8, 4) is 0 Å². The van der Waals surface area contributed by atoms with Gasteiger partial charge in [0.15, 0.2) is 5.82 Å². The summed E-state index contributed by atoms with van der Waals surface area (Å²) < 4.78 is 4.96. The molecule has 2 aromatic heterocycles. The van der Waals surface area contributed by atoms with Crippen molar-refractivity contribution in [1.82, 2.24) is 15.5 Å². The van der Waals surface area contributed by atoms with Crippen molar-refractivity contribution in [2.75, 3.05) is 11.4 Å². The molecule has 22 heavy (non-hydrogen) atoms. The van der Waals surface area contributed by atoms with E-state index in [4.69, 9.17) is 4.52 Å². The van der Waals surface area contributed by atoms with E-state index >= 15 is 0 Å². The molecule has 116 valence electrons. The second-order valence-corrected chi connectivity index (χ2v) is 4.81. The number of pyridine rings is 1. The maximum absolute atomic E-state index is 11.9. The molecule has 0 aliphatic carbocycles. The number of nitrogens with one attached hydrogen (secondary N) is 1. The maximum Gasteiger partial charge on any atom is 0.225 e. The molecule has 0 aliphatic heterocycles. The van der Waals surface area contributed by atoms with E-state index in [0.29, 0.717) is 18.1 Å². The molecule has 0 bridgehead atoms. The Labute approximate surface area is 128 Å². The lowest BCUT2D eigenvalue weighted by Gasteiger charge is -2.17. The van der Waals surface area contributed by atoms with Crippen LogP contribution in [-0.2, 0) is 16.1 Å². The molecular weight excluding hydrogens is 284 g/mol. The predicted molar refractivity (Wildman–Crippen MR) is 80.0 cm³/mol. The summed E-state index contributed by atoms with van der Waals surface area (Å²) in [5.74, 6) is 0.686. The fourth-order valence-corrected chi connectivity index (χ4v) is 1.91. The minimum Gasteiger partial charge on any atom is -0.360 e. The highest BCUT2D eigenvalue weighted by Crippen LogP contribution is 2.14. The summed E-state index contributed by atoms with van der Waals surface area (Å²) in [7, 11) is 0. The first kappa shape index (κ1) is 15.7. The lowest BCUT2D eigenvalue weighted by molar-refractivity contribution is -0.121. The topological polar surface area (TPSA) is 88.3 Å². The Balaban J connectivity index is 1.84. The van der Waals surface area contributed by atoms with E-state index in [1.807, 2.05) is 18.2 Å². The number of carbonyl (C=O) groups excluding carboxylic acids is 2. The summed E-state index contributed by atoms with van der Waals surface area (Å²) in [5, 5.41) is 6.56. The monoisotopic (exact) mass is 302 g/mol. The SMILES string of the molecule is CC(=O)N(CCC(=O)NCc1ccccn1)c1cc(C)on1. The van der Waals surface area contributed by atoms with Gasteiger partial charge in [0.05, 0.1) is 12.2 Å². The Morgan fingerprint density at radius 2 is 2.18 bits per heavy atom. The van der Waals surface area contributed by atoms with Crippen LogP contribution in [0.15, 0.2) is 35.0 Å². The molecule has 0 aliphatic rings. The van der Waals surface area contributed by atoms with Crippen LogP contribution in [-0.4, -0.2) is 28.5 Å². The second kappa shape index (κ2) is 7.35. The third kappa shape index (κ3) is 4.41. The Kier molecular flexibility index (Phi) is 5.24. The first-order valence-corrected chi connectivity index (χ1v) is 6.94. The van der Waals surface area contributed by atoms with Crippen LogP contribution in [0.25, 0.3) is 0 Å². The highest BCUT2D eigenvalue weighted by atomic mass is 16.5. The molecule has 0 saturated carbocycles. The number of hydrogen-bond acceptors (Lipinski definition) is 5. The summed E-state index contributed by atoms with van der Waals surface area (Å²) in [6, 6.07) is 7.17. The molecule has 2 rings (SSSR count). The quantitative estimate of drug-likeness (QED) is 0.872. The van der Waals surface area contributed by atoms with Gasteiger partial charge < -0.3 is 9.84 Å². The number of rotatable bonds is 6. The Bertz CT molecular complexity index is 639. The van der Waals surface area contributed by atoms with Crippen molar-refractivity contribution in [3.63, 3.8) is 0 Å². The van der Waals surface area contributed by atoms with Crippen molar-refractivity contribution in [3.05, 3.63) is 41.9 Å². The van der Waals surface area contributed by atoms with E-state index in [1.54, 1.807) is 19.2 Å². The number of nitrogens with zero attached hydrogens (tertiary/aromatic N) is 3. The van der Waals surface area contributed by atoms with Crippen molar-refractivity contribution in [2.24, 2.45) is 0 Å². The van der Waals surface area contributed by atoms with E-state index in [2.05, 4.69) is 15.5 Å². The Hall–Kier alpha value is -2.70. The van der Waals surface area contributed by atoms with Gasteiger partial charge in [-0.05, 0) is 19.1 Å². The highest BCUT2D eigenvalue weighted by molar-refractivity contribution is 5.91. The van der Waals surface area contributed by atoms with Crippen LogP contribution in [0, 0.1) is 6.92 Å². The largest absolute Gasteiger partial charge is 0.360 e. The van der Waals surface area contributed by atoms with E-state index in [0.717, 1.165) is 5.69 Å². The smallest absolute Gasteiger partial charge is 0.225 e. The van der Waals surface area contributed by atoms with Crippen molar-refractivity contribution in [1.29, 1.82) is 0 Å². The van der Waals surface area contributed by atoms with Gasteiger partial charge in [0.1, 0.15) is 5.76 Å². The molecular formula is C15H18N4O3. The minimum absolute atomic E-state index is 0.155. The standard InChI is InChI=1S/C15H18N4O3/c1-11-9-14(18-22-11)19(12(2)20)8-6-15(21)17-10-13-5-3-4-7-16-13/h3-5,7,9H,6,8,10H2,1-2H3,(H,17,21). The first-order valence-electron chi connectivity index (χ1n) is 6.94. The average Bonchev–Trinajstić information content (AvgIpc) is 2.92.